The van der Waals surface area contributed by atoms with Crippen LogP contribution in [0.5, 0.6) is 0 Å². The molecule has 1 N–H and O–H groups in total. The summed E-state index contributed by atoms with van der Waals surface area (Å²) in [5.74, 6) is 0.580. The predicted molar refractivity (Wildman–Crippen MR) is 81.8 cm³/mol. The largest absolute Gasteiger partial charge is 0.350 e. The minimum Gasteiger partial charge on any atom is -0.350 e. The fourth-order valence-corrected chi connectivity index (χ4v) is 2.87. The molecule has 5 heteroatoms. The van der Waals surface area contributed by atoms with Crippen LogP contribution in [0.25, 0.3) is 0 Å². The number of alkyl halides is 1. The van der Waals surface area contributed by atoms with Crippen molar-refractivity contribution >= 4 is 21.8 Å². The lowest BCUT2D eigenvalue weighted by molar-refractivity contribution is 0.0942. The molecule has 0 aliphatic heterocycles. The standard InChI is InChI=1S/C14H24BrN3O/c1-5-12-8-13(18(6-2)17-12)14(19)16-9-11(15)7-10(3)4/h8,10-11H,5-7,9H2,1-4H3,(H,16,19). The van der Waals surface area contributed by atoms with Crippen LogP contribution in [-0.4, -0.2) is 27.1 Å². The highest BCUT2D eigenvalue weighted by Crippen LogP contribution is 2.12. The molecule has 108 valence electrons. The Balaban J connectivity index is 2.60. The molecule has 1 rings (SSSR count). The smallest absolute Gasteiger partial charge is 0.269 e. The maximum absolute atomic E-state index is 12.2. The second-order valence-electron chi connectivity index (χ2n) is 5.13. The van der Waals surface area contributed by atoms with E-state index < -0.39 is 0 Å². The van der Waals surface area contributed by atoms with Crippen LogP contribution in [0.2, 0.25) is 0 Å². The number of nitrogens with zero attached hydrogens (tertiary/aromatic N) is 2. The van der Waals surface area contributed by atoms with Crippen LogP contribution in [0, 0.1) is 5.92 Å². The summed E-state index contributed by atoms with van der Waals surface area (Å²) in [6.07, 6.45) is 1.90. The Bertz CT molecular complexity index is 415. The van der Waals surface area contributed by atoms with Crippen molar-refractivity contribution in [3.05, 3.63) is 17.5 Å². The number of aromatic nitrogens is 2. The monoisotopic (exact) mass is 329 g/mol. The van der Waals surface area contributed by atoms with Crippen LogP contribution in [-0.2, 0) is 13.0 Å². The second-order valence-corrected chi connectivity index (χ2v) is 6.42. The van der Waals surface area contributed by atoms with E-state index in [0.29, 0.717) is 29.5 Å². The first-order valence-electron chi connectivity index (χ1n) is 6.96. The number of halogens is 1. The van der Waals surface area contributed by atoms with Gasteiger partial charge in [0.05, 0.1) is 5.69 Å². The van der Waals surface area contributed by atoms with Gasteiger partial charge in [0.1, 0.15) is 5.69 Å². The van der Waals surface area contributed by atoms with Gasteiger partial charge in [-0.1, -0.05) is 36.7 Å². The quantitative estimate of drug-likeness (QED) is 0.781. The number of nitrogens with one attached hydrogen (secondary N) is 1. The minimum absolute atomic E-state index is 0.0396. The van der Waals surface area contributed by atoms with Crippen LogP contribution in [0.15, 0.2) is 6.07 Å². The van der Waals surface area contributed by atoms with Crippen LogP contribution in [0.1, 0.15) is 50.3 Å². The molecule has 1 aromatic heterocycles. The van der Waals surface area contributed by atoms with E-state index in [1.807, 2.05) is 19.9 Å². The molecule has 1 atom stereocenters. The number of aryl methyl sites for hydroxylation is 2. The molecule has 1 heterocycles. The number of hydrogen-bond acceptors (Lipinski definition) is 2. The highest BCUT2D eigenvalue weighted by Gasteiger charge is 2.15. The summed E-state index contributed by atoms with van der Waals surface area (Å²) in [4.78, 5) is 12.5. The Labute approximate surface area is 124 Å². The molecule has 0 aliphatic rings. The number of carbonyl (C=O) groups excluding carboxylic acids is 1. The Hall–Kier alpha value is -0.840. The topological polar surface area (TPSA) is 46.9 Å². The van der Waals surface area contributed by atoms with Gasteiger partial charge >= 0.3 is 0 Å². The van der Waals surface area contributed by atoms with Gasteiger partial charge in [0.15, 0.2) is 0 Å². The van der Waals surface area contributed by atoms with Crippen molar-refractivity contribution in [2.24, 2.45) is 5.92 Å². The first-order valence-corrected chi connectivity index (χ1v) is 7.88. The van der Waals surface area contributed by atoms with E-state index in [1.165, 1.54) is 0 Å². The fourth-order valence-electron chi connectivity index (χ4n) is 1.96. The summed E-state index contributed by atoms with van der Waals surface area (Å²) in [6, 6.07) is 1.88. The zero-order valence-electron chi connectivity index (χ0n) is 12.2. The molecular weight excluding hydrogens is 306 g/mol. The van der Waals surface area contributed by atoms with E-state index >= 15 is 0 Å². The maximum Gasteiger partial charge on any atom is 0.269 e. The third-order valence-electron chi connectivity index (χ3n) is 2.94. The van der Waals surface area contributed by atoms with E-state index in [-0.39, 0.29) is 5.91 Å². The van der Waals surface area contributed by atoms with Crippen LogP contribution < -0.4 is 5.32 Å². The molecule has 0 aromatic carbocycles. The van der Waals surface area contributed by atoms with Gasteiger partial charge in [-0.05, 0) is 31.7 Å². The van der Waals surface area contributed by atoms with Gasteiger partial charge in [-0.2, -0.15) is 5.10 Å². The van der Waals surface area contributed by atoms with E-state index in [2.05, 4.69) is 40.2 Å². The molecule has 0 spiro atoms. The summed E-state index contributed by atoms with van der Waals surface area (Å²) in [7, 11) is 0. The second kappa shape index (κ2) is 7.68. The lowest BCUT2D eigenvalue weighted by atomic mass is 10.1. The zero-order valence-corrected chi connectivity index (χ0v) is 13.8. The number of carbonyl (C=O) groups is 1. The third kappa shape index (κ3) is 4.97. The molecule has 0 saturated carbocycles. The summed E-state index contributed by atoms with van der Waals surface area (Å²) < 4.78 is 1.76. The molecule has 19 heavy (non-hydrogen) atoms. The van der Waals surface area contributed by atoms with Crippen molar-refractivity contribution in [3.63, 3.8) is 0 Å². The van der Waals surface area contributed by atoms with Gasteiger partial charge in [-0.3, -0.25) is 9.48 Å². The van der Waals surface area contributed by atoms with Crippen LogP contribution >= 0.6 is 15.9 Å². The van der Waals surface area contributed by atoms with E-state index in [9.17, 15) is 4.79 Å². The highest BCUT2D eigenvalue weighted by atomic mass is 79.9. The number of rotatable bonds is 7. The predicted octanol–water partition coefficient (Wildman–Crippen LogP) is 3.00. The first-order chi connectivity index (χ1) is 8.97. The SMILES string of the molecule is CCc1cc(C(=O)NCC(Br)CC(C)C)n(CC)n1. The summed E-state index contributed by atoms with van der Waals surface area (Å²) in [6.45, 7) is 9.75. The molecular formula is C14H24BrN3O. The van der Waals surface area contributed by atoms with Crippen LogP contribution in [0.3, 0.4) is 0 Å². The molecule has 0 radical (unpaired) electrons. The van der Waals surface area contributed by atoms with Crippen LogP contribution in [0.4, 0.5) is 0 Å². The lowest BCUT2D eigenvalue weighted by Gasteiger charge is -2.13. The Morgan fingerprint density at radius 2 is 2.16 bits per heavy atom. The summed E-state index contributed by atoms with van der Waals surface area (Å²) in [5.41, 5.74) is 1.62. The zero-order chi connectivity index (χ0) is 14.4. The lowest BCUT2D eigenvalue weighted by Crippen LogP contribution is -2.31. The molecule has 1 unspecified atom stereocenters. The Kier molecular flexibility index (Phi) is 6.55. The van der Waals surface area contributed by atoms with Gasteiger partial charge < -0.3 is 5.32 Å². The number of amides is 1. The van der Waals surface area contributed by atoms with Gasteiger partial charge in [0.25, 0.3) is 5.91 Å². The molecule has 0 bridgehead atoms. The molecule has 4 nitrogen and oxygen atoms in total. The van der Waals surface area contributed by atoms with Gasteiger partial charge in [-0.15, -0.1) is 0 Å². The van der Waals surface area contributed by atoms with Crippen molar-refractivity contribution in [3.8, 4) is 0 Å². The average Bonchev–Trinajstić information content (AvgIpc) is 2.78. The molecule has 0 fully saturated rings. The van der Waals surface area contributed by atoms with Crippen molar-refractivity contribution < 1.29 is 4.79 Å². The van der Waals surface area contributed by atoms with Gasteiger partial charge in [0.2, 0.25) is 0 Å². The minimum atomic E-state index is -0.0396. The highest BCUT2D eigenvalue weighted by molar-refractivity contribution is 9.09. The first kappa shape index (κ1) is 16.2. The normalized spacial score (nSPS) is 12.7. The Morgan fingerprint density at radius 1 is 1.47 bits per heavy atom. The van der Waals surface area contributed by atoms with Gasteiger partial charge in [-0.25, -0.2) is 0 Å². The summed E-state index contributed by atoms with van der Waals surface area (Å²) >= 11 is 3.60. The van der Waals surface area contributed by atoms with E-state index in [0.717, 1.165) is 18.5 Å². The summed E-state index contributed by atoms with van der Waals surface area (Å²) in [5, 5.41) is 7.36. The third-order valence-corrected chi connectivity index (χ3v) is 3.63. The van der Waals surface area contributed by atoms with E-state index in [4.69, 9.17) is 0 Å². The number of hydrogen-bond donors (Lipinski definition) is 1. The van der Waals surface area contributed by atoms with Gasteiger partial charge in [0, 0.05) is 17.9 Å². The van der Waals surface area contributed by atoms with Crippen molar-refractivity contribution in [1.82, 2.24) is 15.1 Å². The molecule has 0 saturated heterocycles. The van der Waals surface area contributed by atoms with Crippen molar-refractivity contribution in [2.75, 3.05) is 6.54 Å². The van der Waals surface area contributed by atoms with Crippen molar-refractivity contribution in [1.29, 1.82) is 0 Å². The Morgan fingerprint density at radius 3 is 2.68 bits per heavy atom. The maximum atomic E-state index is 12.2. The molecule has 0 aliphatic carbocycles. The van der Waals surface area contributed by atoms with E-state index in [1.54, 1.807) is 4.68 Å². The fraction of sp³-hybridized carbons (Fsp3) is 0.714. The van der Waals surface area contributed by atoms with Crippen molar-refractivity contribution in [2.45, 2.75) is 51.9 Å². The molecule has 1 aromatic rings. The average molecular weight is 330 g/mol. The molecule has 1 amide bonds.